The van der Waals surface area contributed by atoms with Gasteiger partial charge in [-0.2, -0.15) is 0 Å². The van der Waals surface area contributed by atoms with E-state index in [1.807, 2.05) is 0 Å². The third-order valence-electron chi connectivity index (χ3n) is 3.73. The first-order valence-corrected chi connectivity index (χ1v) is 10.2. The second kappa shape index (κ2) is 7.02. The number of thioether (sulfide) groups is 1. The van der Waals surface area contributed by atoms with Gasteiger partial charge in [0.05, 0.1) is 17.3 Å². The van der Waals surface area contributed by atoms with E-state index >= 15 is 0 Å². The van der Waals surface area contributed by atoms with Gasteiger partial charge in [0.1, 0.15) is 5.82 Å². The number of ketones is 1. The number of hydrogen-bond acceptors (Lipinski definition) is 7. The van der Waals surface area contributed by atoms with Gasteiger partial charge in [0, 0.05) is 12.0 Å². The van der Waals surface area contributed by atoms with Crippen LogP contribution in [-0.2, 0) is 16.3 Å². The van der Waals surface area contributed by atoms with Crippen molar-refractivity contribution < 1.29 is 22.0 Å². The Labute approximate surface area is 142 Å². The smallest absolute Gasteiger partial charge is 0.277 e. The monoisotopic (exact) mass is 370 g/mol. The van der Waals surface area contributed by atoms with E-state index in [1.54, 1.807) is 0 Å². The van der Waals surface area contributed by atoms with Crippen molar-refractivity contribution >= 4 is 27.4 Å². The summed E-state index contributed by atoms with van der Waals surface area (Å²) in [5, 5.41) is 8.02. The van der Waals surface area contributed by atoms with Crippen molar-refractivity contribution in [2.75, 3.05) is 17.3 Å². The molecule has 0 aliphatic carbocycles. The van der Waals surface area contributed by atoms with Crippen molar-refractivity contribution in [3.05, 3.63) is 41.5 Å². The fourth-order valence-corrected chi connectivity index (χ4v) is 5.04. The molecular weight excluding hydrogens is 355 g/mol. The summed E-state index contributed by atoms with van der Waals surface area (Å²) in [6, 6.07) is 5.33. The van der Waals surface area contributed by atoms with E-state index in [0.29, 0.717) is 24.3 Å². The number of Topliss-reactive ketones (excluding diaryl/α,β-unsaturated/α-hetero) is 1. The number of aromatic nitrogens is 2. The lowest BCUT2D eigenvalue weighted by Crippen LogP contribution is -2.07. The largest absolute Gasteiger partial charge is 0.416 e. The van der Waals surface area contributed by atoms with Crippen LogP contribution in [0, 0.1) is 11.7 Å². The zero-order valence-electron chi connectivity index (χ0n) is 12.6. The summed E-state index contributed by atoms with van der Waals surface area (Å²) >= 11 is 1.10. The van der Waals surface area contributed by atoms with E-state index in [9.17, 15) is 17.6 Å². The van der Waals surface area contributed by atoms with Gasteiger partial charge in [-0.3, -0.25) is 4.79 Å². The third kappa shape index (κ3) is 4.41. The molecule has 128 valence electrons. The molecule has 0 spiro atoms. The molecule has 1 atom stereocenters. The summed E-state index contributed by atoms with van der Waals surface area (Å²) in [7, 11) is -2.93. The lowest BCUT2D eigenvalue weighted by Gasteiger charge is -2.02. The van der Waals surface area contributed by atoms with Gasteiger partial charge in [-0.25, -0.2) is 12.8 Å². The number of carbonyl (C=O) groups excluding carboxylic acids is 1. The van der Waals surface area contributed by atoms with Gasteiger partial charge in [0.25, 0.3) is 5.22 Å². The minimum Gasteiger partial charge on any atom is -0.416 e. The van der Waals surface area contributed by atoms with Crippen LogP contribution < -0.4 is 0 Å². The van der Waals surface area contributed by atoms with Crippen molar-refractivity contribution in [3.63, 3.8) is 0 Å². The zero-order valence-corrected chi connectivity index (χ0v) is 14.3. The van der Waals surface area contributed by atoms with Crippen molar-refractivity contribution in [1.29, 1.82) is 0 Å². The minimum absolute atomic E-state index is 0.00847. The molecule has 1 aliphatic rings. The summed E-state index contributed by atoms with van der Waals surface area (Å²) in [6.07, 6.45) is 1.04. The quantitative estimate of drug-likeness (QED) is 0.568. The predicted molar refractivity (Wildman–Crippen MR) is 86.2 cm³/mol. The summed E-state index contributed by atoms with van der Waals surface area (Å²) in [5.41, 5.74) is 0.416. The van der Waals surface area contributed by atoms with E-state index in [-0.39, 0.29) is 34.2 Å². The molecule has 9 heteroatoms. The molecular formula is C15H15FN2O4S2. The topological polar surface area (TPSA) is 90.1 Å². The molecule has 24 heavy (non-hydrogen) atoms. The van der Waals surface area contributed by atoms with Crippen molar-refractivity contribution in [3.8, 4) is 0 Å². The number of hydrogen-bond donors (Lipinski definition) is 0. The van der Waals surface area contributed by atoms with E-state index < -0.39 is 15.7 Å². The highest BCUT2D eigenvalue weighted by Crippen LogP contribution is 2.24. The Morgan fingerprint density at radius 2 is 2.04 bits per heavy atom. The number of nitrogens with zero attached hydrogens (tertiary/aromatic N) is 2. The lowest BCUT2D eigenvalue weighted by molar-refractivity contribution is 0.102. The summed E-state index contributed by atoms with van der Waals surface area (Å²) in [4.78, 5) is 12.0. The summed E-state index contributed by atoms with van der Waals surface area (Å²) < 4.78 is 41.2. The van der Waals surface area contributed by atoms with Gasteiger partial charge in [-0.05, 0) is 36.6 Å². The van der Waals surface area contributed by atoms with E-state index in [1.165, 1.54) is 24.3 Å². The maximum absolute atomic E-state index is 12.8. The van der Waals surface area contributed by atoms with Gasteiger partial charge < -0.3 is 4.42 Å². The SMILES string of the molecule is O=C(CSc1nnc(C[C@H]2CCS(=O)(=O)C2)o1)c1ccc(F)cc1. The molecule has 0 radical (unpaired) electrons. The fourth-order valence-electron chi connectivity index (χ4n) is 2.51. The molecule has 1 fully saturated rings. The third-order valence-corrected chi connectivity index (χ3v) is 6.39. The van der Waals surface area contributed by atoms with Crippen molar-refractivity contribution in [2.24, 2.45) is 5.92 Å². The molecule has 0 unspecified atom stereocenters. The maximum Gasteiger partial charge on any atom is 0.277 e. The average Bonchev–Trinajstić information content (AvgIpc) is 3.12. The Balaban J connectivity index is 1.52. The molecule has 0 bridgehead atoms. The van der Waals surface area contributed by atoms with Crippen LogP contribution in [0.3, 0.4) is 0 Å². The van der Waals surface area contributed by atoms with Gasteiger partial charge >= 0.3 is 0 Å². The predicted octanol–water partition coefficient (Wildman–Crippen LogP) is 2.16. The molecule has 1 aromatic heterocycles. The Bertz CT molecular complexity index is 833. The van der Waals surface area contributed by atoms with Crippen LogP contribution in [0.5, 0.6) is 0 Å². The molecule has 1 saturated heterocycles. The number of carbonyl (C=O) groups is 1. The Hall–Kier alpha value is -1.74. The second-order valence-electron chi connectivity index (χ2n) is 5.65. The second-order valence-corrected chi connectivity index (χ2v) is 8.81. The Kier molecular flexibility index (Phi) is 5.00. The van der Waals surface area contributed by atoms with Gasteiger partial charge in [0.2, 0.25) is 5.89 Å². The minimum atomic E-state index is -2.93. The molecule has 0 saturated carbocycles. The number of rotatable bonds is 6. The van der Waals surface area contributed by atoms with Crippen LogP contribution >= 0.6 is 11.8 Å². The molecule has 6 nitrogen and oxygen atoms in total. The van der Waals surface area contributed by atoms with Crippen LogP contribution in [0.1, 0.15) is 22.7 Å². The zero-order chi connectivity index (χ0) is 17.2. The van der Waals surface area contributed by atoms with E-state index in [0.717, 1.165) is 11.8 Å². The maximum atomic E-state index is 12.8. The first-order valence-electron chi connectivity index (χ1n) is 7.36. The van der Waals surface area contributed by atoms with Crippen molar-refractivity contribution in [2.45, 2.75) is 18.1 Å². The summed E-state index contributed by atoms with van der Waals surface area (Å²) in [5.74, 6) is 0.297. The van der Waals surface area contributed by atoms with Crippen LogP contribution in [0.25, 0.3) is 0 Å². The normalized spacial score (nSPS) is 19.5. The molecule has 2 aromatic rings. The molecule has 2 heterocycles. The Morgan fingerprint density at radius 3 is 2.71 bits per heavy atom. The molecule has 0 amide bonds. The van der Waals surface area contributed by atoms with E-state index in [2.05, 4.69) is 10.2 Å². The van der Waals surface area contributed by atoms with Gasteiger partial charge in [-0.1, -0.05) is 11.8 Å². The van der Waals surface area contributed by atoms with E-state index in [4.69, 9.17) is 4.42 Å². The van der Waals surface area contributed by atoms with Crippen LogP contribution in [0.4, 0.5) is 4.39 Å². The highest BCUT2D eigenvalue weighted by molar-refractivity contribution is 7.99. The standard InChI is InChI=1S/C15H15FN2O4S2/c16-12-3-1-11(2-4-12)13(19)8-23-15-18-17-14(22-15)7-10-5-6-24(20,21)9-10/h1-4,10H,5-9H2/t10-/m1/s1. The number of sulfone groups is 1. The summed E-state index contributed by atoms with van der Waals surface area (Å²) in [6.45, 7) is 0. The van der Waals surface area contributed by atoms with Gasteiger partial charge in [0.15, 0.2) is 15.6 Å². The lowest BCUT2D eigenvalue weighted by atomic mass is 10.1. The highest BCUT2D eigenvalue weighted by Gasteiger charge is 2.29. The average molecular weight is 370 g/mol. The first-order chi connectivity index (χ1) is 11.4. The number of halogens is 1. The van der Waals surface area contributed by atoms with Crippen LogP contribution in [-0.4, -0.2) is 41.7 Å². The fraction of sp³-hybridized carbons (Fsp3) is 0.400. The van der Waals surface area contributed by atoms with Gasteiger partial charge in [-0.15, -0.1) is 10.2 Å². The molecule has 1 aromatic carbocycles. The Morgan fingerprint density at radius 1 is 1.29 bits per heavy atom. The van der Waals surface area contributed by atoms with Crippen molar-refractivity contribution in [1.82, 2.24) is 10.2 Å². The van der Waals surface area contributed by atoms with Crippen LogP contribution in [0.15, 0.2) is 33.9 Å². The van der Waals surface area contributed by atoms with Crippen LogP contribution in [0.2, 0.25) is 0 Å². The molecule has 1 aliphatic heterocycles. The number of benzene rings is 1. The molecule has 0 N–H and O–H groups in total. The first kappa shape index (κ1) is 17.1. The molecule has 3 rings (SSSR count). The highest BCUT2D eigenvalue weighted by atomic mass is 32.2.